The van der Waals surface area contributed by atoms with E-state index in [4.69, 9.17) is 25.8 Å². The largest absolute Gasteiger partial charge is 0.477 e. The van der Waals surface area contributed by atoms with Crippen molar-refractivity contribution in [2.45, 2.75) is 40.3 Å². The van der Waals surface area contributed by atoms with Gasteiger partial charge < -0.3 is 18.8 Å². The number of aryl methyl sites for hydroxylation is 1. The number of methoxy groups -OCH3 is 1. The van der Waals surface area contributed by atoms with E-state index in [2.05, 4.69) is 11.1 Å². The first-order valence-electron chi connectivity index (χ1n) is 11.1. The number of nitrogens with zero attached hydrogens (tertiary/aromatic N) is 1. The van der Waals surface area contributed by atoms with Gasteiger partial charge in [0.25, 0.3) is 0 Å². The van der Waals surface area contributed by atoms with Gasteiger partial charge in [0.15, 0.2) is 6.10 Å². The van der Waals surface area contributed by atoms with Crippen molar-refractivity contribution in [1.29, 1.82) is 0 Å². The third-order valence-electron chi connectivity index (χ3n) is 5.84. The van der Waals surface area contributed by atoms with Crippen molar-refractivity contribution < 1.29 is 23.8 Å². The molecule has 1 aromatic heterocycles. The average Bonchev–Trinajstić information content (AvgIpc) is 3.06. The Labute approximate surface area is 205 Å². The van der Waals surface area contributed by atoms with Gasteiger partial charge in [0.05, 0.1) is 17.7 Å². The van der Waals surface area contributed by atoms with Crippen LogP contribution in [0.25, 0.3) is 10.9 Å². The molecule has 180 valence electrons. The van der Waals surface area contributed by atoms with E-state index in [9.17, 15) is 9.59 Å². The maximum Gasteiger partial charge on any atom is 0.347 e. The highest BCUT2D eigenvalue weighted by molar-refractivity contribution is 6.32. The van der Waals surface area contributed by atoms with E-state index in [-0.39, 0.29) is 18.5 Å². The summed E-state index contributed by atoms with van der Waals surface area (Å²) in [5, 5.41) is 1.41. The monoisotopic (exact) mass is 483 g/mol. The lowest BCUT2D eigenvalue weighted by Gasteiger charge is -2.21. The number of esters is 2. The lowest BCUT2D eigenvalue weighted by atomic mass is 10.1. The highest BCUT2D eigenvalue weighted by atomic mass is 35.5. The Morgan fingerprint density at radius 3 is 2.53 bits per heavy atom. The second-order valence-electron chi connectivity index (χ2n) is 8.49. The fraction of sp³-hybridized carbons (Fsp3) is 0.333. The summed E-state index contributed by atoms with van der Waals surface area (Å²) < 4.78 is 18.2. The summed E-state index contributed by atoms with van der Waals surface area (Å²) in [6.07, 6.45) is 0.786. The maximum absolute atomic E-state index is 12.3. The average molecular weight is 484 g/mol. The van der Waals surface area contributed by atoms with E-state index < -0.39 is 12.1 Å². The number of ether oxygens (including phenoxy) is 3. The molecular weight excluding hydrogens is 454 g/mol. The van der Waals surface area contributed by atoms with Gasteiger partial charge in [-0.05, 0) is 55.3 Å². The molecule has 0 radical (unpaired) electrons. The Morgan fingerprint density at radius 1 is 1.15 bits per heavy atom. The first-order chi connectivity index (χ1) is 16.2. The van der Waals surface area contributed by atoms with Gasteiger partial charge in [0.2, 0.25) is 0 Å². The van der Waals surface area contributed by atoms with Crippen LogP contribution in [0.4, 0.5) is 0 Å². The van der Waals surface area contributed by atoms with Gasteiger partial charge in [-0.2, -0.15) is 0 Å². The first kappa shape index (κ1) is 25.4. The topological polar surface area (TPSA) is 66.8 Å². The van der Waals surface area contributed by atoms with E-state index in [0.29, 0.717) is 22.9 Å². The minimum Gasteiger partial charge on any atom is -0.477 e. The number of aromatic nitrogens is 1. The van der Waals surface area contributed by atoms with E-state index >= 15 is 0 Å². The molecular formula is C27H30ClNO5. The minimum atomic E-state index is -0.756. The zero-order chi connectivity index (χ0) is 25.0. The van der Waals surface area contributed by atoms with Crippen LogP contribution in [-0.2, 0) is 20.8 Å². The molecule has 6 nitrogen and oxygen atoms in total. The molecule has 2 aromatic carbocycles. The third-order valence-corrected chi connectivity index (χ3v) is 6.15. The number of benzene rings is 2. The summed E-state index contributed by atoms with van der Waals surface area (Å²) >= 11 is 6.38. The molecule has 0 aliphatic carbocycles. The van der Waals surface area contributed by atoms with Crippen LogP contribution in [0.3, 0.4) is 0 Å². The van der Waals surface area contributed by atoms with Crippen LogP contribution in [0.2, 0.25) is 5.02 Å². The Morgan fingerprint density at radius 2 is 1.88 bits per heavy atom. The maximum atomic E-state index is 12.3. The second kappa shape index (κ2) is 10.8. The summed E-state index contributed by atoms with van der Waals surface area (Å²) in [4.78, 5) is 24.4. The molecule has 34 heavy (non-hydrogen) atoms. The summed E-state index contributed by atoms with van der Waals surface area (Å²) in [5.41, 5.74) is 4.63. The quantitative estimate of drug-likeness (QED) is 0.281. The minimum absolute atomic E-state index is 0.0853. The standard InChI is InChI=1S/C27H30ClNO5/c1-7-12-33-26(30)20-9-11-23-21(14-20)17(4)18(5)29(23)15-19-8-10-22(28)24(13-19)34-25(16(2)3)27(31)32-6/h7-11,13-14,16,25H,1,12,15H2,2-6H3/t25-/m0/s1. The van der Waals surface area contributed by atoms with Crippen molar-refractivity contribution in [3.05, 3.63) is 76.5 Å². The number of fused-ring (bicyclic) bond motifs is 1. The zero-order valence-electron chi connectivity index (χ0n) is 20.2. The van der Waals surface area contributed by atoms with Gasteiger partial charge >= 0.3 is 11.9 Å². The van der Waals surface area contributed by atoms with E-state index in [1.54, 1.807) is 18.2 Å². The molecule has 0 unspecified atom stereocenters. The Balaban J connectivity index is 1.94. The fourth-order valence-electron chi connectivity index (χ4n) is 3.83. The normalized spacial score (nSPS) is 12.0. The van der Waals surface area contributed by atoms with Gasteiger partial charge in [-0.25, -0.2) is 9.59 Å². The molecule has 3 aromatic rings. The molecule has 0 aliphatic rings. The molecule has 0 bridgehead atoms. The van der Waals surface area contributed by atoms with Crippen LogP contribution in [0, 0.1) is 19.8 Å². The van der Waals surface area contributed by atoms with Crippen LogP contribution >= 0.6 is 11.6 Å². The Hall–Kier alpha value is -3.25. The zero-order valence-corrected chi connectivity index (χ0v) is 20.9. The summed E-state index contributed by atoms with van der Waals surface area (Å²) in [7, 11) is 1.34. The molecule has 0 amide bonds. The van der Waals surface area contributed by atoms with Crippen molar-refractivity contribution in [2.75, 3.05) is 13.7 Å². The van der Waals surface area contributed by atoms with Crippen molar-refractivity contribution in [3.8, 4) is 5.75 Å². The third kappa shape index (κ3) is 5.28. The predicted molar refractivity (Wildman–Crippen MR) is 134 cm³/mol. The van der Waals surface area contributed by atoms with Crippen LogP contribution in [-0.4, -0.2) is 36.3 Å². The van der Waals surface area contributed by atoms with Gasteiger partial charge in [-0.15, -0.1) is 0 Å². The molecule has 3 rings (SSSR count). The van der Waals surface area contributed by atoms with Gasteiger partial charge in [0, 0.05) is 29.1 Å². The number of carbonyl (C=O) groups is 2. The SMILES string of the molecule is C=CCOC(=O)c1ccc2c(c1)c(C)c(C)n2Cc1ccc(Cl)c(O[C@H](C(=O)OC)C(C)C)c1. The van der Waals surface area contributed by atoms with Crippen LogP contribution in [0.1, 0.15) is 41.0 Å². The predicted octanol–water partition coefficient (Wildman–Crippen LogP) is 5.88. The van der Waals surface area contributed by atoms with Crippen molar-refractivity contribution >= 4 is 34.4 Å². The molecule has 0 spiro atoms. The van der Waals surface area contributed by atoms with Crippen molar-refractivity contribution in [3.63, 3.8) is 0 Å². The fourth-order valence-corrected chi connectivity index (χ4v) is 3.99. The Kier molecular flexibility index (Phi) is 8.05. The van der Waals surface area contributed by atoms with E-state index in [1.807, 2.05) is 52.0 Å². The van der Waals surface area contributed by atoms with Crippen molar-refractivity contribution in [1.82, 2.24) is 4.57 Å². The smallest absolute Gasteiger partial charge is 0.347 e. The molecule has 1 atom stereocenters. The van der Waals surface area contributed by atoms with Gasteiger partial charge in [-0.1, -0.05) is 44.2 Å². The molecule has 0 fully saturated rings. The summed E-state index contributed by atoms with van der Waals surface area (Å²) in [5.74, 6) is -0.475. The molecule has 0 saturated heterocycles. The summed E-state index contributed by atoms with van der Waals surface area (Å²) in [6.45, 7) is 12.2. The number of hydrogen-bond acceptors (Lipinski definition) is 5. The number of halogens is 1. The van der Waals surface area contributed by atoms with Crippen LogP contribution in [0.15, 0.2) is 49.1 Å². The molecule has 1 heterocycles. The number of carbonyl (C=O) groups excluding carboxylic acids is 2. The number of rotatable bonds is 9. The molecule has 0 saturated carbocycles. The molecule has 0 N–H and O–H groups in total. The molecule has 7 heteroatoms. The molecule has 0 aliphatic heterocycles. The number of hydrogen-bond donors (Lipinski definition) is 0. The second-order valence-corrected chi connectivity index (χ2v) is 8.89. The van der Waals surface area contributed by atoms with E-state index in [0.717, 1.165) is 27.7 Å². The lowest BCUT2D eigenvalue weighted by molar-refractivity contribution is -0.150. The highest BCUT2D eigenvalue weighted by Gasteiger charge is 2.26. The van der Waals surface area contributed by atoms with Crippen LogP contribution in [0.5, 0.6) is 5.75 Å². The van der Waals surface area contributed by atoms with E-state index in [1.165, 1.54) is 7.11 Å². The van der Waals surface area contributed by atoms with Crippen molar-refractivity contribution in [2.24, 2.45) is 5.92 Å². The summed E-state index contributed by atoms with van der Waals surface area (Å²) in [6, 6.07) is 11.1. The Bertz CT molecular complexity index is 1230. The van der Waals surface area contributed by atoms with Gasteiger partial charge in [-0.3, -0.25) is 0 Å². The first-order valence-corrected chi connectivity index (χ1v) is 11.5. The van der Waals surface area contributed by atoms with Gasteiger partial charge in [0.1, 0.15) is 12.4 Å². The lowest BCUT2D eigenvalue weighted by Crippen LogP contribution is -2.33. The highest BCUT2D eigenvalue weighted by Crippen LogP contribution is 2.31. The van der Waals surface area contributed by atoms with Crippen LogP contribution < -0.4 is 4.74 Å².